The molecule has 2 N–H and O–H groups in total. The molecular formula is C13H17ClN2O3. The van der Waals surface area contributed by atoms with Gasteiger partial charge in [-0.15, -0.1) is 0 Å². The molecule has 0 spiro atoms. The van der Waals surface area contributed by atoms with Gasteiger partial charge in [-0.3, -0.25) is 9.59 Å². The van der Waals surface area contributed by atoms with E-state index in [0.717, 1.165) is 5.56 Å². The van der Waals surface area contributed by atoms with Gasteiger partial charge in [-0.05, 0) is 31.5 Å². The summed E-state index contributed by atoms with van der Waals surface area (Å²) in [5.41, 5.74) is 1.32. The van der Waals surface area contributed by atoms with Crippen molar-refractivity contribution in [2.75, 3.05) is 25.0 Å². The first kappa shape index (κ1) is 15.5. The number of aliphatic hydroxyl groups excluding tert-OH is 1. The predicted octanol–water partition coefficient (Wildman–Crippen LogP) is 1.43. The standard InChI is InChI=1S/C13H17ClN2O3/c1-3-16(6-7-17)13(19)12(18)15-11-8-10(14)5-4-9(11)2/h4-5,8,17H,3,6-7H2,1-2H3,(H,15,18). The van der Waals surface area contributed by atoms with Crippen LogP contribution in [0.2, 0.25) is 5.02 Å². The second kappa shape index (κ2) is 7.11. The van der Waals surface area contributed by atoms with Crippen LogP contribution in [0.25, 0.3) is 0 Å². The SMILES string of the molecule is CCN(CCO)C(=O)C(=O)Nc1cc(Cl)ccc1C. The lowest BCUT2D eigenvalue weighted by Crippen LogP contribution is -2.41. The van der Waals surface area contributed by atoms with Gasteiger partial charge in [0, 0.05) is 23.8 Å². The normalized spacial score (nSPS) is 10.1. The van der Waals surface area contributed by atoms with Crippen molar-refractivity contribution in [3.63, 3.8) is 0 Å². The summed E-state index contributed by atoms with van der Waals surface area (Å²) in [6, 6.07) is 5.05. The van der Waals surface area contributed by atoms with E-state index in [4.69, 9.17) is 16.7 Å². The zero-order chi connectivity index (χ0) is 14.4. The third-order valence-corrected chi connectivity index (χ3v) is 2.92. The molecule has 0 aromatic heterocycles. The van der Waals surface area contributed by atoms with Crippen LogP contribution in [0.4, 0.5) is 5.69 Å². The lowest BCUT2D eigenvalue weighted by molar-refractivity contribution is -0.143. The zero-order valence-corrected chi connectivity index (χ0v) is 11.7. The van der Waals surface area contributed by atoms with Gasteiger partial charge in [-0.25, -0.2) is 0 Å². The van der Waals surface area contributed by atoms with Gasteiger partial charge in [-0.1, -0.05) is 17.7 Å². The highest BCUT2D eigenvalue weighted by atomic mass is 35.5. The Kier molecular flexibility index (Phi) is 5.79. The molecule has 0 atom stereocenters. The molecule has 0 aliphatic heterocycles. The van der Waals surface area contributed by atoms with Crippen molar-refractivity contribution < 1.29 is 14.7 Å². The molecule has 5 nitrogen and oxygen atoms in total. The summed E-state index contributed by atoms with van der Waals surface area (Å²) in [6.07, 6.45) is 0. The van der Waals surface area contributed by atoms with Crippen LogP contribution in [0.3, 0.4) is 0 Å². The summed E-state index contributed by atoms with van der Waals surface area (Å²) >= 11 is 5.84. The number of nitrogens with zero attached hydrogens (tertiary/aromatic N) is 1. The van der Waals surface area contributed by atoms with E-state index in [1.807, 2.05) is 6.92 Å². The second-order valence-electron chi connectivity index (χ2n) is 4.02. The number of hydrogen-bond acceptors (Lipinski definition) is 3. The first-order valence-electron chi connectivity index (χ1n) is 5.96. The molecular weight excluding hydrogens is 268 g/mol. The molecule has 0 fully saturated rings. The maximum absolute atomic E-state index is 11.8. The van der Waals surface area contributed by atoms with E-state index in [9.17, 15) is 9.59 Å². The van der Waals surface area contributed by atoms with Crippen LogP contribution in [-0.4, -0.2) is 41.5 Å². The first-order valence-corrected chi connectivity index (χ1v) is 6.34. The monoisotopic (exact) mass is 284 g/mol. The van der Waals surface area contributed by atoms with Crippen LogP contribution in [0.5, 0.6) is 0 Å². The number of anilines is 1. The largest absolute Gasteiger partial charge is 0.395 e. The lowest BCUT2D eigenvalue weighted by atomic mass is 10.2. The van der Waals surface area contributed by atoms with Crippen LogP contribution < -0.4 is 5.32 Å². The Labute approximate surface area is 117 Å². The molecule has 1 aromatic carbocycles. The third-order valence-electron chi connectivity index (χ3n) is 2.68. The van der Waals surface area contributed by atoms with E-state index in [-0.39, 0.29) is 13.2 Å². The van der Waals surface area contributed by atoms with Crippen molar-refractivity contribution in [2.45, 2.75) is 13.8 Å². The number of hydrogen-bond donors (Lipinski definition) is 2. The number of benzene rings is 1. The van der Waals surface area contributed by atoms with Crippen molar-refractivity contribution >= 4 is 29.1 Å². The number of halogens is 1. The Hall–Kier alpha value is -1.59. The average Bonchev–Trinajstić information content (AvgIpc) is 2.39. The highest BCUT2D eigenvalue weighted by molar-refractivity contribution is 6.39. The lowest BCUT2D eigenvalue weighted by Gasteiger charge is -2.19. The molecule has 1 aromatic rings. The van der Waals surface area contributed by atoms with Gasteiger partial charge >= 0.3 is 11.8 Å². The van der Waals surface area contributed by atoms with Gasteiger partial charge in [0.1, 0.15) is 0 Å². The van der Waals surface area contributed by atoms with Crippen LogP contribution in [0, 0.1) is 6.92 Å². The second-order valence-corrected chi connectivity index (χ2v) is 4.46. The van der Waals surface area contributed by atoms with E-state index in [1.165, 1.54) is 4.90 Å². The highest BCUT2D eigenvalue weighted by Crippen LogP contribution is 2.20. The Bertz CT molecular complexity index is 477. The quantitative estimate of drug-likeness (QED) is 0.822. The Morgan fingerprint density at radius 2 is 2.11 bits per heavy atom. The molecule has 0 aliphatic carbocycles. The predicted molar refractivity (Wildman–Crippen MR) is 74.2 cm³/mol. The number of rotatable bonds is 4. The van der Waals surface area contributed by atoms with Crippen molar-refractivity contribution in [1.29, 1.82) is 0 Å². The topological polar surface area (TPSA) is 69.6 Å². The van der Waals surface area contributed by atoms with E-state index < -0.39 is 11.8 Å². The fraction of sp³-hybridized carbons (Fsp3) is 0.385. The molecule has 0 saturated heterocycles. The van der Waals surface area contributed by atoms with E-state index >= 15 is 0 Å². The van der Waals surface area contributed by atoms with Gasteiger partial charge < -0.3 is 15.3 Å². The minimum atomic E-state index is -0.735. The minimum Gasteiger partial charge on any atom is -0.395 e. The maximum Gasteiger partial charge on any atom is 0.313 e. The number of carbonyl (C=O) groups is 2. The summed E-state index contributed by atoms with van der Waals surface area (Å²) in [5.74, 6) is -1.41. The van der Waals surface area contributed by atoms with Crippen molar-refractivity contribution in [1.82, 2.24) is 4.90 Å². The number of nitrogens with one attached hydrogen (secondary N) is 1. The summed E-state index contributed by atoms with van der Waals surface area (Å²) in [6.45, 7) is 3.87. The zero-order valence-electron chi connectivity index (χ0n) is 10.9. The number of aryl methyl sites for hydroxylation is 1. The number of aliphatic hydroxyl groups is 1. The number of amides is 2. The fourth-order valence-corrected chi connectivity index (χ4v) is 1.74. The van der Waals surface area contributed by atoms with Crippen molar-refractivity contribution in [2.24, 2.45) is 0 Å². The fourth-order valence-electron chi connectivity index (χ4n) is 1.57. The van der Waals surface area contributed by atoms with Crippen LogP contribution in [-0.2, 0) is 9.59 Å². The molecule has 0 radical (unpaired) electrons. The molecule has 6 heteroatoms. The summed E-state index contributed by atoms with van der Waals surface area (Å²) < 4.78 is 0. The van der Waals surface area contributed by atoms with Crippen LogP contribution >= 0.6 is 11.6 Å². The van der Waals surface area contributed by atoms with E-state index in [1.54, 1.807) is 25.1 Å². The molecule has 0 saturated carbocycles. The molecule has 104 valence electrons. The highest BCUT2D eigenvalue weighted by Gasteiger charge is 2.20. The molecule has 0 bridgehead atoms. The van der Waals surface area contributed by atoms with E-state index in [2.05, 4.69) is 5.32 Å². The molecule has 0 aliphatic rings. The molecule has 1 rings (SSSR count). The van der Waals surface area contributed by atoms with Crippen LogP contribution in [0.1, 0.15) is 12.5 Å². The number of carbonyl (C=O) groups excluding carboxylic acids is 2. The van der Waals surface area contributed by atoms with Gasteiger partial charge in [0.05, 0.1) is 6.61 Å². The molecule has 19 heavy (non-hydrogen) atoms. The Morgan fingerprint density at radius 3 is 2.68 bits per heavy atom. The summed E-state index contributed by atoms with van der Waals surface area (Å²) in [7, 11) is 0. The smallest absolute Gasteiger partial charge is 0.313 e. The van der Waals surface area contributed by atoms with Gasteiger partial charge in [-0.2, -0.15) is 0 Å². The Morgan fingerprint density at radius 1 is 1.42 bits per heavy atom. The molecule has 0 unspecified atom stereocenters. The average molecular weight is 285 g/mol. The Balaban J connectivity index is 2.78. The summed E-state index contributed by atoms with van der Waals surface area (Å²) in [4.78, 5) is 24.9. The van der Waals surface area contributed by atoms with E-state index in [0.29, 0.717) is 17.3 Å². The maximum atomic E-state index is 11.8. The third kappa shape index (κ3) is 4.22. The summed E-state index contributed by atoms with van der Waals surface area (Å²) in [5, 5.41) is 11.8. The van der Waals surface area contributed by atoms with Crippen molar-refractivity contribution in [3.05, 3.63) is 28.8 Å². The molecule has 0 heterocycles. The van der Waals surface area contributed by atoms with Crippen molar-refractivity contribution in [3.8, 4) is 0 Å². The minimum absolute atomic E-state index is 0.136. The number of likely N-dealkylation sites (N-methyl/N-ethyl adjacent to an activating group) is 1. The first-order chi connectivity index (χ1) is 8.99. The van der Waals surface area contributed by atoms with Gasteiger partial charge in [0.15, 0.2) is 0 Å². The molecule has 2 amide bonds. The van der Waals surface area contributed by atoms with Crippen LogP contribution in [0.15, 0.2) is 18.2 Å². The van der Waals surface area contributed by atoms with Gasteiger partial charge in [0.2, 0.25) is 0 Å². The van der Waals surface area contributed by atoms with Gasteiger partial charge in [0.25, 0.3) is 0 Å².